The Morgan fingerprint density at radius 2 is 2.56 bits per heavy atom. The zero-order valence-corrected chi connectivity index (χ0v) is 5.59. The molecule has 0 saturated carbocycles. The summed E-state index contributed by atoms with van der Waals surface area (Å²) in [6.45, 7) is 0. The molecule has 0 unspecified atom stereocenters. The van der Waals surface area contributed by atoms with Gasteiger partial charge in [0.25, 0.3) is 0 Å². The molecule has 0 radical (unpaired) electrons. The van der Waals surface area contributed by atoms with Crippen LogP contribution in [0.1, 0.15) is 6.42 Å². The van der Waals surface area contributed by atoms with E-state index in [1.165, 1.54) is 5.57 Å². The molecule has 0 aliphatic heterocycles. The lowest BCUT2D eigenvalue weighted by Crippen LogP contribution is -1.90. The van der Waals surface area contributed by atoms with E-state index in [0.717, 1.165) is 6.42 Å². The fourth-order valence-electron chi connectivity index (χ4n) is 0.779. The quantitative estimate of drug-likeness (QED) is 0.585. The molecule has 1 N–H and O–H groups in total. The van der Waals surface area contributed by atoms with Crippen LogP contribution in [-0.2, 0) is 0 Å². The van der Waals surface area contributed by atoms with Gasteiger partial charge in [-0.1, -0.05) is 18.2 Å². The maximum absolute atomic E-state index is 2.94. The Morgan fingerprint density at radius 1 is 1.67 bits per heavy atom. The van der Waals surface area contributed by atoms with E-state index in [2.05, 4.69) is 29.6 Å². The Bertz CT molecular complexity index is 163. The monoisotopic (exact) mass is 121 g/mol. The molecule has 0 bridgehead atoms. The summed E-state index contributed by atoms with van der Waals surface area (Å²) in [5.41, 5.74) is 1.30. The molecule has 1 heteroatoms. The molecule has 0 atom stereocenters. The van der Waals surface area contributed by atoms with Crippen molar-refractivity contribution >= 4 is 0 Å². The van der Waals surface area contributed by atoms with Gasteiger partial charge in [0.1, 0.15) is 0 Å². The fourth-order valence-corrected chi connectivity index (χ4v) is 0.779. The lowest BCUT2D eigenvalue weighted by Gasteiger charge is -1.85. The molecule has 0 amide bonds. The molecule has 0 aromatic heterocycles. The predicted octanol–water partition coefficient (Wildman–Crippen LogP) is 1.61. The van der Waals surface area contributed by atoms with E-state index in [1.54, 1.807) is 0 Å². The molecule has 0 spiro atoms. The smallest absolute Gasteiger partial charge is 0.00277 e. The lowest BCUT2D eigenvalue weighted by atomic mass is 10.3. The molecule has 0 fully saturated rings. The van der Waals surface area contributed by atoms with Gasteiger partial charge in [0.05, 0.1) is 0 Å². The van der Waals surface area contributed by atoms with E-state index in [4.69, 9.17) is 0 Å². The maximum Gasteiger partial charge on any atom is 0.00277 e. The fraction of sp³-hybridized carbons (Fsp3) is 0.250. The Hall–Kier alpha value is -0.980. The zero-order chi connectivity index (χ0) is 6.53. The Morgan fingerprint density at radius 3 is 3.11 bits per heavy atom. The summed E-state index contributed by atoms with van der Waals surface area (Å²) >= 11 is 0. The maximum atomic E-state index is 2.94. The first kappa shape index (κ1) is 6.14. The molecule has 0 aromatic rings. The third kappa shape index (κ3) is 1.76. The largest absolute Gasteiger partial charge is 0.394 e. The van der Waals surface area contributed by atoms with Crippen molar-refractivity contribution in [2.75, 3.05) is 7.05 Å². The van der Waals surface area contributed by atoms with Gasteiger partial charge in [0.2, 0.25) is 0 Å². The Balaban J connectivity index is 2.44. The molecule has 1 rings (SSSR count). The Kier molecular flexibility index (Phi) is 2.13. The van der Waals surface area contributed by atoms with Crippen LogP contribution in [0.2, 0.25) is 0 Å². The highest BCUT2D eigenvalue weighted by Crippen LogP contribution is 2.08. The Labute approximate surface area is 55.8 Å². The van der Waals surface area contributed by atoms with Crippen LogP contribution in [0.5, 0.6) is 0 Å². The summed E-state index contributed by atoms with van der Waals surface area (Å²) < 4.78 is 0. The van der Waals surface area contributed by atoms with Crippen LogP contribution < -0.4 is 5.32 Å². The van der Waals surface area contributed by atoms with E-state index in [9.17, 15) is 0 Å². The van der Waals surface area contributed by atoms with Crippen LogP contribution in [0.3, 0.4) is 0 Å². The summed E-state index contributed by atoms with van der Waals surface area (Å²) in [6.07, 6.45) is 11.5. The van der Waals surface area contributed by atoms with Gasteiger partial charge in [-0.25, -0.2) is 0 Å². The van der Waals surface area contributed by atoms with Crippen molar-refractivity contribution in [3.05, 3.63) is 36.1 Å². The van der Waals surface area contributed by atoms with E-state index in [-0.39, 0.29) is 0 Å². The summed E-state index contributed by atoms with van der Waals surface area (Å²) in [7, 11) is 1.90. The highest BCUT2D eigenvalue weighted by atomic mass is 14.8. The van der Waals surface area contributed by atoms with Crippen molar-refractivity contribution in [1.82, 2.24) is 5.32 Å². The number of nitrogens with one attached hydrogen (secondary N) is 1. The van der Waals surface area contributed by atoms with Gasteiger partial charge in [-0.3, -0.25) is 0 Å². The second-order valence-electron chi connectivity index (χ2n) is 1.96. The summed E-state index contributed by atoms with van der Waals surface area (Å²) in [5, 5.41) is 2.94. The van der Waals surface area contributed by atoms with Gasteiger partial charge in [-0.2, -0.15) is 0 Å². The molecule has 9 heavy (non-hydrogen) atoms. The predicted molar refractivity (Wildman–Crippen MR) is 40.0 cm³/mol. The van der Waals surface area contributed by atoms with Crippen molar-refractivity contribution < 1.29 is 0 Å². The number of hydrogen-bond donors (Lipinski definition) is 1. The van der Waals surface area contributed by atoms with Crippen molar-refractivity contribution in [3.8, 4) is 0 Å². The second-order valence-corrected chi connectivity index (χ2v) is 1.96. The molecule has 0 saturated heterocycles. The molecule has 0 aromatic carbocycles. The van der Waals surface area contributed by atoms with Gasteiger partial charge < -0.3 is 5.32 Å². The number of allylic oxidation sites excluding steroid dienone is 5. The van der Waals surface area contributed by atoms with E-state index >= 15 is 0 Å². The topological polar surface area (TPSA) is 12.0 Å². The lowest BCUT2D eigenvalue weighted by molar-refractivity contribution is 1.10. The third-order valence-electron chi connectivity index (χ3n) is 1.24. The van der Waals surface area contributed by atoms with E-state index < -0.39 is 0 Å². The van der Waals surface area contributed by atoms with Crippen LogP contribution in [0, 0.1) is 0 Å². The van der Waals surface area contributed by atoms with Crippen LogP contribution in [0.25, 0.3) is 0 Å². The van der Waals surface area contributed by atoms with Crippen LogP contribution in [-0.4, -0.2) is 7.05 Å². The highest BCUT2D eigenvalue weighted by molar-refractivity contribution is 5.35. The number of hydrogen-bond acceptors (Lipinski definition) is 1. The first-order valence-electron chi connectivity index (χ1n) is 3.14. The van der Waals surface area contributed by atoms with Gasteiger partial charge in [0, 0.05) is 7.05 Å². The van der Waals surface area contributed by atoms with Crippen molar-refractivity contribution in [2.24, 2.45) is 0 Å². The van der Waals surface area contributed by atoms with Gasteiger partial charge in [0.15, 0.2) is 0 Å². The van der Waals surface area contributed by atoms with Gasteiger partial charge in [-0.05, 0) is 24.3 Å². The normalized spacial score (nSPS) is 16.8. The molecule has 48 valence electrons. The second kappa shape index (κ2) is 3.13. The molecule has 1 aliphatic carbocycles. The standard InChI is InChI=1S/C8H11N/c1-9-7-6-8-4-2-3-5-8/h2,4-7,9H,3H2,1H3. The minimum absolute atomic E-state index is 1.09. The van der Waals surface area contributed by atoms with Gasteiger partial charge in [-0.15, -0.1) is 0 Å². The van der Waals surface area contributed by atoms with Gasteiger partial charge >= 0.3 is 0 Å². The van der Waals surface area contributed by atoms with E-state index in [1.807, 2.05) is 13.2 Å². The SMILES string of the molecule is CNC=CC1=CCC=C1. The molecule has 1 aliphatic rings. The number of rotatable bonds is 2. The summed E-state index contributed by atoms with van der Waals surface area (Å²) in [4.78, 5) is 0. The first-order chi connectivity index (χ1) is 4.43. The highest BCUT2D eigenvalue weighted by Gasteiger charge is 1.89. The van der Waals surface area contributed by atoms with Crippen LogP contribution >= 0.6 is 0 Å². The minimum atomic E-state index is 1.09. The average Bonchev–Trinajstić information content (AvgIpc) is 2.34. The zero-order valence-electron chi connectivity index (χ0n) is 5.59. The van der Waals surface area contributed by atoms with Crippen molar-refractivity contribution in [3.63, 3.8) is 0 Å². The first-order valence-corrected chi connectivity index (χ1v) is 3.14. The van der Waals surface area contributed by atoms with Crippen LogP contribution in [0.15, 0.2) is 36.1 Å². The molecular weight excluding hydrogens is 110 g/mol. The minimum Gasteiger partial charge on any atom is -0.394 e. The van der Waals surface area contributed by atoms with Crippen LogP contribution in [0.4, 0.5) is 0 Å². The molecule has 0 heterocycles. The molecule has 1 nitrogen and oxygen atoms in total. The average molecular weight is 121 g/mol. The third-order valence-corrected chi connectivity index (χ3v) is 1.24. The van der Waals surface area contributed by atoms with E-state index in [0.29, 0.717) is 0 Å². The van der Waals surface area contributed by atoms with Crippen molar-refractivity contribution in [2.45, 2.75) is 6.42 Å². The van der Waals surface area contributed by atoms with Crippen molar-refractivity contribution in [1.29, 1.82) is 0 Å². The summed E-state index contributed by atoms with van der Waals surface area (Å²) in [5.74, 6) is 0. The summed E-state index contributed by atoms with van der Waals surface area (Å²) in [6, 6.07) is 0. The molecular formula is C8H11N.